The fraction of sp³-hybridized carbons (Fsp3) is 0.722. The summed E-state index contributed by atoms with van der Waals surface area (Å²) >= 11 is 0. The molecule has 4 saturated carbocycles. The maximum atomic E-state index is 13.5. The minimum absolute atomic E-state index is 0.0808. The minimum Gasteiger partial charge on any atom is -0.323 e. The van der Waals surface area contributed by atoms with E-state index in [1.807, 2.05) is 0 Å². The van der Waals surface area contributed by atoms with E-state index in [4.69, 9.17) is 5.73 Å². The Labute approximate surface area is 126 Å². The van der Waals surface area contributed by atoms with Gasteiger partial charge in [0.15, 0.2) is 0 Å². The van der Waals surface area contributed by atoms with E-state index in [9.17, 15) is 4.39 Å². The number of pyridine rings is 1. The third kappa shape index (κ3) is 2.04. The molecule has 2 nitrogen and oxygen atoms in total. The number of hydrogen-bond acceptors (Lipinski definition) is 2. The smallest absolute Gasteiger partial charge is 0.141 e. The largest absolute Gasteiger partial charge is 0.323 e. The third-order valence-electron chi connectivity index (χ3n) is 6.41. The molecule has 0 radical (unpaired) electrons. The van der Waals surface area contributed by atoms with Gasteiger partial charge in [0, 0.05) is 12.2 Å². The lowest BCUT2D eigenvalue weighted by Crippen LogP contribution is -2.58. The molecule has 114 valence electrons. The van der Waals surface area contributed by atoms with Gasteiger partial charge in [0.25, 0.3) is 0 Å². The van der Waals surface area contributed by atoms with Gasteiger partial charge in [-0.2, -0.15) is 0 Å². The summed E-state index contributed by atoms with van der Waals surface area (Å²) in [5.41, 5.74) is 8.58. The first-order valence-electron chi connectivity index (χ1n) is 8.18. The van der Waals surface area contributed by atoms with Crippen molar-refractivity contribution < 1.29 is 4.39 Å². The molecule has 0 saturated heterocycles. The molecule has 2 N–H and O–H groups in total. The molecule has 3 atom stereocenters. The highest BCUT2D eigenvalue weighted by atomic mass is 19.1. The van der Waals surface area contributed by atoms with Crippen LogP contribution in [0, 0.1) is 28.0 Å². The van der Waals surface area contributed by atoms with Crippen molar-refractivity contribution in [1.29, 1.82) is 0 Å². The van der Waals surface area contributed by atoms with Crippen LogP contribution in [-0.4, -0.2) is 4.98 Å². The maximum Gasteiger partial charge on any atom is 0.141 e. The van der Waals surface area contributed by atoms with Gasteiger partial charge in [0.05, 0.1) is 6.20 Å². The molecule has 1 aromatic rings. The van der Waals surface area contributed by atoms with Crippen LogP contribution in [0.3, 0.4) is 0 Å². The van der Waals surface area contributed by atoms with Crippen LogP contribution in [0.15, 0.2) is 18.5 Å². The van der Waals surface area contributed by atoms with Gasteiger partial charge in [-0.1, -0.05) is 13.8 Å². The summed E-state index contributed by atoms with van der Waals surface area (Å²) in [5, 5.41) is 0. The first-order valence-corrected chi connectivity index (χ1v) is 8.18. The fourth-order valence-corrected chi connectivity index (χ4v) is 6.83. The molecule has 1 heterocycles. The highest BCUT2D eigenvalue weighted by molar-refractivity contribution is 5.22. The Balaban J connectivity index is 1.74. The monoisotopic (exact) mass is 288 g/mol. The Bertz CT molecular complexity index is 566. The van der Waals surface area contributed by atoms with Crippen molar-refractivity contribution in [2.75, 3.05) is 0 Å². The van der Waals surface area contributed by atoms with Crippen molar-refractivity contribution in [1.82, 2.24) is 4.98 Å². The van der Waals surface area contributed by atoms with Gasteiger partial charge in [0.2, 0.25) is 0 Å². The normalized spacial score (nSPS) is 45.8. The summed E-state index contributed by atoms with van der Waals surface area (Å²) in [6.45, 7) is 4.89. The summed E-state index contributed by atoms with van der Waals surface area (Å²) in [4.78, 5) is 4.01. The SMILES string of the molecule is CC12CC3CC(C)(C1)CC(C(N)c1cncc(F)c1)(C3)C2. The van der Waals surface area contributed by atoms with E-state index in [2.05, 4.69) is 18.8 Å². The third-order valence-corrected chi connectivity index (χ3v) is 6.41. The first kappa shape index (κ1) is 13.7. The van der Waals surface area contributed by atoms with E-state index in [-0.39, 0.29) is 17.3 Å². The quantitative estimate of drug-likeness (QED) is 0.885. The Morgan fingerprint density at radius 2 is 1.81 bits per heavy atom. The molecule has 0 spiro atoms. The van der Waals surface area contributed by atoms with Crippen molar-refractivity contribution in [3.8, 4) is 0 Å². The van der Waals surface area contributed by atoms with Gasteiger partial charge in [-0.25, -0.2) is 4.39 Å². The molecule has 3 unspecified atom stereocenters. The van der Waals surface area contributed by atoms with Crippen LogP contribution in [0.1, 0.15) is 64.0 Å². The van der Waals surface area contributed by atoms with Crippen LogP contribution >= 0.6 is 0 Å². The van der Waals surface area contributed by atoms with Crippen LogP contribution in [0.25, 0.3) is 0 Å². The van der Waals surface area contributed by atoms with Crippen molar-refractivity contribution in [3.05, 3.63) is 29.8 Å². The lowest BCUT2D eigenvalue weighted by atomic mass is 9.39. The summed E-state index contributed by atoms with van der Waals surface area (Å²) < 4.78 is 13.5. The van der Waals surface area contributed by atoms with E-state index in [0.29, 0.717) is 10.8 Å². The van der Waals surface area contributed by atoms with E-state index in [0.717, 1.165) is 11.5 Å². The van der Waals surface area contributed by atoms with Gasteiger partial charge in [-0.3, -0.25) is 4.98 Å². The average Bonchev–Trinajstić information content (AvgIpc) is 2.33. The maximum absolute atomic E-state index is 13.5. The highest BCUT2D eigenvalue weighted by Crippen LogP contribution is 2.71. The number of rotatable bonds is 2. The fourth-order valence-electron chi connectivity index (χ4n) is 6.83. The molecule has 0 aromatic carbocycles. The molecule has 3 heteroatoms. The van der Waals surface area contributed by atoms with Crippen LogP contribution < -0.4 is 5.73 Å². The highest BCUT2D eigenvalue weighted by Gasteiger charge is 2.61. The number of aromatic nitrogens is 1. The summed E-state index contributed by atoms with van der Waals surface area (Å²) in [7, 11) is 0. The second-order valence-electron chi connectivity index (χ2n) is 8.91. The minimum atomic E-state index is -0.273. The van der Waals surface area contributed by atoms with Crippen LogP contribution in [0.4, 0.5) is 4.39 Å². The molecule has 4 fully saturated rings. The molecule has 21 heavy (non-hydrogen) atoms. The van der Waals surface area contributed by atoms with E-state index < -0.39 is 0 Å². The second kappa shape index (κ2) is 4.07. The van der Waals surface area contributed by atoms with Gasteiger partial charge in [-0.15, -0.1) is 0 Å². The molecule has 4 aliphatic rings. The molecule has 0 amide bonds. The van der Waals surface area contributed by atoms with Crippen LogP contribution in [-0.2, 0) is 0 Å². The lowest BCUT2D eigenvalue weighted by Gasteiger charge is -2.67. The second-order valence-corrected chi connectivity index (χ2v) is 8.91. The van der Waals surface area contributed by atoms with E-state index >= 15 is 0 Å². The Morgan fingerprint density at radius 1 is 1.14 bits per heavy atom. The molecule has 4 aliphatic carbocycles. The van der Waals surface area contributed by atoms with Crippen LogP contribution in [0.5, 0.6) is 0 Å². The van der Waals surface area contributed by atoms with Crippen molar-refractivity contribution in [2.24, 2.45) is 27.9 Å². The molecular weight excluding hydrogens is 263 g/mol. The zero-order valence-electron chi connectivity index (χ0n) is 13.0. The molecule has 4 bridgehead atoms. The topological polar surface area (TPSA) is 38.9 Å². The molecule has 5 rings (SSSR count). The Kier molecular flexibility index (Phi) is 2.65. The Hall–Kier alpha value is -0.960. The zero-order chi connectivity index (χ0) is 14.9. The van der Waals surface area contributed by atoms with Crippen molar-refractivity contribution in [3.63, 3.8) is 0 Å². The summed E-state index contributed by atoms with van der Waals surface area (Å²) in [6.07, 6.45) is 10.7. The van der Waals surface area contributed by atoms with Crippen molar-refractivity contribution >= 4 is 0 Å². The first-order chi connectivity index (χ1) is 9.82. The average molecular weight is 288 g/mol. The van der Waals surface area contributed by atoms with Gasteiger partial charge >= 0.3 is 0 Å². The predicted molar refractivity (Wildman–Crippen MR) is 81.0 cm³/mol. The van der Waals surface area contributed by atoms with Gasteiger partial charge < -0.3 is 5.73 Å². The number of nitrogens with two attached hydrogens (primary N) is 1. The predicted octanol–water partition coefficient (Wildman–Crippen LogP) is 4.22. The van der Waals surface area contributed by atoms with Crippen LogP contribution in [0.2, 0.25) is 0 Å². The van der Waals surface area contributed by atoms with Gasteiger partial charge in [0.1, 0.15) is 5.82 Å². The van der Waals surface area contributed by atoms with Gasteiger partial charge in [-0.05, 0) is 72.3 Å². The number of nitrogens with zero attached hydrogens (tertiary/aromatic N) is 1. The molecule has 1 aromatic heterocycles. The Morgan fingerprint density at radius 3 is 2.38 bits per heavy atom. The molecular formula is C18H25FN2. The molecule has 0 aliphatic heterocycles. The zero-order valence-corrected chi connectivity index (χ0v) is 13.0. The van der Waals surface area contributed by atoms with Crippen molar-refractivity contribution in [2.45, 2.75) is 58.4 Å². The van der Waals surface area contributed by atoms with E-state index in [1.54, 1.807) is 12.3 Å². The summed E-state index contributed by atoms with van der Waals surface area (Å²) in [5.74, 6) is 0.536. The van der Waals surface area contributed by atoms with E-state index in [1.165, 1.54) is 44.7 Å². The summed E-state index contributed by atoms with van der Waals surface area (Å²) in [6, 6.07) is 1.50. The standard InChI is InChI=1S/C18H25FN2/c1-16-4-12-5-17(2,9-16)11-18(6-12,10-16)15(20)13-3-14(19)8-21-7-13/h3,7-8,12,15H,4-6,9-11,20H2,1-2H3. The number of hydrogen-bond donors (Lipinski definition) is 1. The number of halogens is 1. The lowest BCUT2D eigenvalue weighted by molar-refractivity contribution is -0.154.